The number of nitrogens with one attached hydrogen (secondary N) is 1. The van der Waals surface area contributed by atoms with Crippen LogP contribution in [0.25, 0.3) is 27.4 Å². The van der Waals surface area contributed by atoms with Crippen molar-refractivity contribution in [3.8, 4) is 0 Å². The summed E-state index contributed by atoms with van der Waals surface area (Å²) in [5.41, 5.74) is 5.48. The molecule has 1 heterocycles. The van der Waals surface area contributed by atoms with E-state index in [-0.39, 0.29) is 0 Å². The minimum Gasteiger partial charge on any atom is -0.354 e. The van der Waals surface area contributed by atoms with E-state index in [0.29, 0.717) is 0 Å². The lowest BCUT2D eigenvalue weighted by molar-refractivity contribution is 0.720. The van der Waals surface area contributed by atoms with Crippen molar-refractivity contribution < 1.29 is 0 Å². The van der Waals surface area contributed by atoms with Gasteiger partial charge in [0.2, 0.25) is 0 Å². The van der Waals surface area contributed by atoms with Crippen molar-refractivity contribution in [1.29, 1.82) is 0 Å². The van der Waals surface area contributed by atoms with Crippen LogP contribution < -0.4 is 0 Å². The molecule has 3 aromatic rings. The van der Waals surface area contributed by atoms with E-state index in [9.17, 15) is 0 Å². The van der Waals surface area contributed by atoms with E-state index in [1.807, 2.05) is 0 Å². The summed E-state index contributed by atoms with van der Waals surface area (Å²) >= 11 is 0. The molecule has 2 aromatic carbocycles. The number of H-pyrrole nitrogens is 1. The molecule has 0 radical (unpaired) electrons. The molecule has 20 heavy (non-hydrogen) atoms. The molecule has 0 spiro atoms. The fraction of sp³-hybridized carbons (Fsp3) is 0.263. The number of hydrogen-bond acceptors (Lipinski definition) is 0. The van der Waals surface area contributed by atoms with Crippen LogP contribution in [0.5, 0.6) is 0 Å². The van der Waals surface area contributed by atoms with E-state index in [2.05, 4.69) is 53.5 Å². The highest BCUT2D eigenvalue weighted by Crippen LogP contribution is 2.34. The normalized spacial score (nSPS) is 16.3. The van der Waals surface area contributed by atoms with Gasteiger partial charge in [-0.15, -0.1) is 0 Å². The maximum Gasteiger partial charge on any atom is 0.0541 e. The Labute approximate surface area is 119 Å². The summed E-state index contributed by atoms with van der Waals surface area (Å²) < 4.78 is 0. The monoisotopic (exact) mass is 261 g/mol. The van der Waals surface area contributed by atoms with Crippen LogP contribution in [-0.2, 0) is 0 Å². The van der Waals surface area contributed by atoms with Gasteiger partial charge in [0, 0.05) is 21.9 Å². The number of aromatic nitrogens is 1. The zero-order valence-electron chi connectivity index (χ0n) is 11.7. The second kappa shape index (κ2) is 4.82. The average molecular weight is 261 g/mol. The lowest BCUT2D eigenvalue weighted by Gasteiger charge is -2.07. The molecule has 1 heteroatoms. The Bertz CT molecular complexity index is 792. The molecular weight excluding hydrogens is 242 g/mol. The minimum absolute atomic E-state index is 1.22. The van der Waals surface area contributed by atoms with E-state index in [0.717, 1.165) is 0 Å². The second-order valence-electron chi connectivity index (χ2n) is 5.73. The van der Waals surface area contributed by atoms with Gasteiger partial charge in [-0.2, -0.15) is 0 Å². The van der Waals surface area contributed by atoms with E-state index in [1.54, 1.807) is 0 Å². The molecule has 1 aliphatic rings. The third-order valence-corrected chi connectivity index (χ3v) is 4.43. The van der Waals surface area contributed by atoms with Crippen molar-refractivity contribution in [2.75, 3.05) is 0 Å². The largest absolute Gasteiger partial charge is 0.354 e. The highest BCUT2D eigenvalue weighted by molar-refractivity contribution is 6.10. The minimum atomic E-state index is 1.22. The molecule has 0 atom stereocenters. The fourth-order valence-corrected chi connectivity index (χ4v) is 3.40. The standard InChI is InChI=1S/C19H19N/c1-2-4-9-14(8-3-1)15-11-7-12-17-16-10-5-6-13-18(16)20-19(15)17/h5-8,10-13,20H,1-4,9H2. The Hall–Kier alpha value is -2.02. The lowest BCUT2D eigenvalue weighted by atomic mass is 9.98. The number of benzene rings is 2. The maximum absolute atomic E-state index is 3.62. The first-order chi connectivity index (χ1) is 9.93. The Balaban J connectivity index is 1.97. The lowest BCUT2D eigenvalue weighted by Crippen LogP contribution is -1.86. The van der Waals surface area contributed by atoms with Crippen molar-refractivity contribution >= 4 is 27.4 Å². The molecule has 1 aromatic heterocycles. The highest BCUT2D eigenvalue weighted by Gasteiger charge is 2.11. The summed E-state index contributed by atoms with van der Waals surface area (Å²) in [4.78, 5) is 3.62. The topological polar surface area (TPSA) is 15.8 Å². The van der Waals surface area contributed by atoms with Crippen LogP contribution in [0.1, 0.15) is 37.7 Å². The molecule has 0 bridgehead atoms. The zero-order chi connectivity index (χ0) is 13.4. The first kappa shape index (κ1) is 11.8. The molecule has 4 rings (SSSR count). The summed E-state index contributed by atoms with van der Waals surface area (Å²) in [5.74, 6) is 0. The molecule has 0 saturated carbocycles. The van der Waals surface area contributed by atoms with E-state index < -0.39 is 0 Å². The predicted molar refractivity (Wildman–Crippen MR) is 86.9 cm³/mol. The molecule has 1 nitrogen and oxygen atoms in total. The summed E-state index contributed by atoms with van der Waals surface area (Å²) in [6.45, 7) is 0. The van der Waals surface area contributed by atoms with Gasteiger partial charge in [-0.3, -0.25) is 0 Å². The predicted octanol–water partition coefficient (Wildman–Crippen LogP) is 5.67. The van der Waals surface area contributed by atoms with Crippen LogP contribution >= 0.6 is 0 Å². The highest BCUT2D eigenvalue weighted by atomic mass is 14.7. The van der Waals surface area contributed by atoms with Crippen LogP contribution in [0.3, 0.4) is 0 Å². The van der Waals surface area contributed by atoms with Crippen LogP contribution in [0.4, 0.5) is 0 Å². The van der Waals surface area contributed by atoms with E-state index >= 15 is 0 Å². The van der Waals surface area contributed by atoms with Gasteiger partial charge >= 0.3 is 0 Å². The van der Waals surface area contributed by atoms with Gasteiger partial charge in [-0.25, -0.2) is 0 Å². The van der Waals surface area contributed by atoms with Gasteiger partial charge in [0.15, 0.2) is 0 Å². The molecule has 0 saturated heterocycles. The molecular formula is C19H19N. The molecule has 0 unspecified atom stereocenters. The molecule has 0 amide bonds. The molecule has 100 valence electrons. The van der Waals surface area contributed by atoms with Gasteiger partial charge < -0.3 is 4.98 Å². The quantitative estimate of drug-likeness (QED) is 0.581. The Morgan fingerprint density at radius 1 is 0.800 bits per heavy atom. The van der Waals surface area contributed by atoms with Gasteiger partial charge in [0.25, 0.3) is 0 Å². The smallest absolute Gasteiger partial charge is 0.0541 e. The number of fused-ring (bicyclic) bond motifs is 3. The number of aromatic amines is 1. The SMILES string of the molecule is C1=C(c2cccc3c2[nH]c2ccccc23)CCCCC1. The first-order valence-electron chi connectivity index (χ1n) is 7.62. The van der Waals surface area contributed by atoms with E-state index in [1.165, 1.54) is 65.0 Å². The van der Waals surface area contributed by atoms with Crippen LogP contribution in [0.15, 0.2) is 48.5 Å². The van der Waals surface area contributed by atoms with Crippen LogP contribution in [-0.4, -0.2) is 4.98 Å². The number of allylic oxidation sites excluding steroid dienone is 2. The van der Waals surface area contributed by atoms with Crippen molar-refractivity contribution in [1.82, 2.24) is 4.98 Å². The summed E-state index contributed by atoms with van der Waals surface area (Å²) in [7, 11) is 0. The van der Waals surface area contributed by atoms with Gasteiger partial charge in [0.1, 0.15) is 0 Å². The summed E-state index contributed by atoms with van der Waals surface area (Å²) in [5, 5.41) is 2.68. The number of para-hydroxylation sites is 2. The molecule has 0 aliphatic heterocycles. The summed E-state index contributed by atoms with van der Waals surface area (Å²) in [6.07, 6.45) is 8.92. The van der Waals surface area contributed by atoms with Crippen LogP contribution in [0.2, 0.25) is 0 Å². The van der Waals surface area contributed by atoms with Gasteiger partial charge in [-0.05, 0) is 37.3 Å². The van der Waals surface area contributed by atoms with Crippen LogP contribution in [0, 0.1) is 0 Å². The van der Waals surface area contributed by atoms with Crippen molar-refractivity contribution in [2.24, 2.45) is 0 Å². The maximum atomic E-state index is 3.62. The Morgan fingerprint density at radius 3 is 2.70 bits per heavy atom. The number of hydrogen-bond donors (Lipinski definition) is 1. The third kappa shape index (κ3) is 1.85. The zero-order valence-corrected chi connectivity index (χ0v) is 11.7. The number of rotatable bonds is 1. The second-order valence-corrected chi connectivity index (χ2v) is 5.73. The third-order valence-electron chi connectivity index (χ3n) is 4.43. The van der Waals surface area contributed by atoms with Crippen molar-refractivity contribution in [2.45, 2.75) is 32.1 Å². The molecule has 1 N–H and O–H groups in total. The van der Waals surface area contributed by atoms with Gasteiger partial charge in [-0.1, -0.05) is 48.9 Å². The Kier molecular flexibility index (Phi) is 2.84. The van der Waals surface area contributed by atoms with E-state index in [4.69, 9.17) is 0 Å². The fourth-order valence-electron chi connectivity index (χ4n) is 3.40. The first-order valence-corrected chi connectivity index (χ1v) is 7.62. The molecule has 0 fully saturated rings. The molecule has 1 aliphatic carbocycles. The summed E-state index contributed by atoms with van der Waals surface area (Å²) in [6, 6.07) is 15.3. The van der Waals surface area contributed by atoms with Crippen molar-refractivity contribution in [3.63, 3.8) is 0 Å². The average Bonchev–Trinajstić information content (AvgIpc) is 2.68. The van der Waals surface area contributed by atoms with Crippen molar-refractivity contribution in [3.05, 3.63) is 54.1 Å². The van der Waals surface area contributed by atoms with Gasteiger partial charge in [0.05, 0.1) is 5.52 Å². The Morgan fingerprint density at radius 2 is 1.70 bits per heavy atom.